The molecule has 0 bridgehead atoms. The molecule has 2 N–H and O–H groups in total. The van der Waals surface area contributed by atoms with Gasteiger partial charge in [-0.05, 0) is 50.3 Å². The van der Waals surface area contributed by atoms with Crippen LogP contribution in [0.15, 0.2) is 48.5 Å². The van der Waals surface area contributed by atoms with Crippen LogP contribution in [0.25, 0.3) is 0 Å². The summed E-state index contributed by atoms with van der Waals surface area (Å²) in [7, 11) is 0. The van der Waals surface area contributed by atoms with Gasteiger partial charge in [0.25, 0.3) is 0 Å². The number of benzene rings is 2. The molecule has 23 heavy (non-hydrogen) atoms. The Balaban J connectivity index is 1.62. The predicted octanol–water partition coefficient (Wildman–Crippen LogP) is 3.28. The molecule has 0 spiro atoms. The van der Waals surface area contributed by atoms with Crippen LogP contribution in [0.5, 0.6) is 0 Å². The van der Waals surface area contributed by atoms with Gasteiger partial charge in [0.1, 0.15) is 0 Å². The molecule has 4 nitrogen and oxygen atoms in total. The van der Waals surface area contributed by atoms with Gasteiger partial charge >= 0.3 is 0 Å². The Labute approximate surface area is 143 Å². The second-order valence-corrected chi connectivity index (χ2v) is 6.28. The maximum Gasteiger partial charge on any atom is 0.173 e. The van der Waals surface area contributed by atoms with Crippen LogP contribution >= 0.6 is 12.2 Å². The fraction of sp³-hybridized carbons (Fsp3) is 0.278. The number of anilines is 2. The summed E-state index contributed by atoms with van der Waals surface area (Å²) in [5, 5.41) is 7.49. The number of hydrogen-bond acceptors (Lipinski definition) is 3. The molecule has 1 saturated heterocycles. The van der Waals surface area contributed by atoms with Gasteiger partial charge in [0, 0.05) is 11.4 Å². The van der Waals surface area contributed by atoms with Crippen molar-refractivity contribution in [3.8, 4) is 0 Å². The molecule has 0 unspecified atom stereocenters. The summed E-state index contributed by atoms with van der Waals surface area (Å²) in [5.74, 6) is 0. The molecule has 1 aliphatic heterocycles. The van der Waals surface area contributed by atoms with E-state index in [-0.39, 0.29) is 0 Å². The third kappa shape index (κ3) is 3.93. The van der Waals surface area contributed by atoms with E-state index in [0.29, 0.717) is 6.67 Å². The Kier molecular flexibility index (Phi) is 4.67. The van der Waals surface area contributed by atoms with Crippen molar-refractivity contribution in [1.82, 2.24) is 10.2 Å². The smallest absolute Gasteiger partial charge is 0.173 e. The highest BCUT2D eigenvalue weighted by Gasteiger charge is 2.20. The van der Waals surface area contributed by atoms with Gasteiger partial charge in [-0.25, -0.2) is 0 Å². The van der Waals surface area contributed by atoms with Crippen LogP contribution in [-0.2, 0) is 0 Å². The maximum absolute atomic E-state index is 5.44. The topological polar surface area (TPSA) is 30.5 Å². The highest BCUT2D eigenvalue weighted by atomic mass is 32.1. The SMILES string of the molecule is Cc1ccc(NCN2CN(c3ccc(C)cc3)CNC2=S)cc1. The Hall–Kier alpha value is -2.27. The Morgan fingerprint density at radius 1 is 1.00 bits per heavy atom. The van der Waals surface area contributed by atoms with Gasteiger partial charge in [-0.2, -0.15) is 0 Å². The van der Waals surface area contributed by atoms with Gasteiger partial charge in [0.2, 0.25) is 0 Å². The molecule has 3 rings (SSSR count). The Morgan fingerprint density at radius 2 is 1.61 bits per heavy atom. The fourth-order valence-corrected chi connectivity index (χ4v) is 2.69. The quantitative estimate of drug-likeness (QED) is 0.842. The number of aryl methyl sites for hydroxylation is 2. The first-order valence-electron chi connectivity index (χ1n) is 7.77. The predicted molar refractivity (Wildman–Crippen MR) is 101 cm³/mol. The van der Waals surface area contributed by atoms with Gasteiger partial charge in [0.05, 0.1) is 20.0 Å². The van der Waals surface area contributed by atoms with Gasteiger partial charge < -0.3 is 20.4 Å². The number of thiocarbonyl (C=S) groups is 1. The molecule has 5 heteroatoms. The van der Waals surface area contributed by atoms with Crippen molar-refractivity contribution in [2.45, 2.75) is 13.8 Å². The zero-order chi connectivity index (χ0) is 16.2. The van der Waals surface area contributed by atoms with Gasteiger partial charge in [-0.3, -0.25) is 0 Å². The zero-order valence-corrected chi connectivity index (χ0v) is 14.4. The van der Waals surface area contributed by atoms with E-state index in [9.17, 15) is 0 Å². The molecule has 0 amide bonds. The van der Waals surface area contributed by atoms with E-state index in [4.69, 9.17) is 12.2 Å². The number of hydrogen-bond donors (Lipinski definition) is 2. The fourth-order valence-electron chi connectivity index (χ4n) is 2.50. The lowest BCUT2D eigenvalue weighted by atomic mass is 10.2. The molecule has 120 valence electrons. The molecule has 0 radical (unpaired) electrons. The molecule has 0 saturated carbocycles. The first kappa shape index (κ1) is 15.6. The van der Waals surface area contributed by atoms with E-state index in [0.717, 1.165) is 24.1 Å². The lowest BCUT2D eigenvalue weighted by Crippen LogP contribution is -2.57. The van der Waals surface area contributed by atoms with Gasteiger partial charge in [-0.15, -0.1) is 0 Å². The summed E-state index contributed by atoms with van der Waals surface area (Å²) < 4.78 is 0. The normalized spacial score (nSPS) is 14.6. The van der Waals surface area contributed by atoms with Crippen molar-refractivity contribution in [2.75, 3.05) is 30.2 Å². The van der Waals surface area contributed by atoms with Crippen LogP contribution < -0.4 is 15.5 Å². The first-order chi connectivity index (χ1) is 11.1. The van der Waals surface area contributed by atoms with Crippen LogP contribution in [0.4, 0.5) is 11.4 Å². The summed E-state index contributed by atoms with van der Waals surface area (Å²) in [6, 6.07) is 17.0. The molecule has 2 aromatic carbocycles. The van der Waals surface area contributed by atoms with Crippen molar-refractivity contribution in [3.63, 3.8) is 0 Å². The third-order valence-electron chi connectivity index (χ3n) is 3.97. The summed E-state index contributed by atoms with van der Waals surface area (Å²) in [5.41, 5.74) is 4.83. The average molecular weight is 326 g/mol. The second-order valence-electron chi connectivity index (χ2n) is 5.90. The largest absolute Gasteiger partial charge is 0.368 e. The number of nitrogens with zero attached hydrogens (tertiary/aromatic N) is 2. The molecular formula is C18H22N4S. The van der Waals surface area contributed by atoms with Gasteiger partial charge in [-0.1, -0.05) is 35.4 Å². The Morgan fingerprint density at radius 3 is 2.26 bits per heavy atom. The van der Waals surface area contributed by atoms with Crippen molar-refractivity contribution in [2.24, 2.45) is 0 Å². The highest BCUT2D eigenvalue weighted by Crippen LogP contribution is 2.17. The minimum Gasteiger partial charge on any atom is -0.368 e. The summed E-state index contributed by atoms with van der Waals surface area (Å²) >= 11 is 5.44. The van der Waals surface area contributed by atoms with Crippen LogP contribution in [0.3, 0.4) is 0 Å². The molecule has 1 fully saturated rings. The first-order valence-corrected chi connectivity index (χ1v) is 8.17. The molecular weight excluding hydrogens is 304 g/mol. The molecule has 2 aromatic rings. The zero-order valence-electron chi connectivity index (χ0n) is 13.5. The lowest BCUT2D eigenvalue weighted by molar-refractivity contribution is 0.398. The Bertz CT molecular complexity index is 666. The van der Waals surface area contributed by atoms with Crippen LogP contribution in [0, 0.1) is 13.8 Å². The average Bonchev–Trinajstić information content (AvgIpc) is 2.56. The van der Waals surface area contributed by atoms with Crippen molar-refractivity contribution < 1.29 is 0 Å². The molecule has 0 atom stereocenters. The lowest BCUT2D eigenvalue weighted by Gasteiger charge is -2.39. The van der Waals surface area contributed by atoms with E-state index in [1.807, 2.05) is 0 Å². The molecule has 0 aromatic heterocycles. The van der Waals surface area contributed by atoms with E-state index < -0.39 is 0 Å². The van der Waals surface area contributed by atoms with Crippen LogP contribution in [0.1, 0.15) is 11.1 Å². The van der Waals surface area contributed by atoms with E-state index in [2.05, 4.69) is 82.8 Å². The van der Waals surface area contributed by atoms with Crippen molar-refractivity contribution in [3.05, 3.63) is 59.7 Å². The minimum absolute atomic E-state index is 0.678. The molecule has 1 aliphatic rings. The van der Waals surface area contributed by atoms with E-state index in [1.165, 1.54) is 16.8 Å². The summed E-state index contributed by atoms with van der Waals surface area (Å²) in [6.07, 6.45) is 0. The third-order valence-corrected chi connectivity index (χ3v) is 4.38. The van der Waals surface area contributed by atoms with Crippen molar-refractivity contribution >= 4 is 28.7 Å². The van der Waals surface area contributed by atoms with E-state index in [1.54, 1.807) is 0 Å². The minimum atomic E-state index is 0.678. The number of nitrogens with one attached hydrogen (secondary N) is 2. The standard InChI is InChI=1S/C18H22N4S/c1-14-3-7-16(8-4-14)19-11-22-13-21(12-20-18(22)23)17-9-5-15(2)6-10-17/h3-10,19H,11-13H2,1-2H3,(H,20,23). The highest BCUT2D eigenvalue weighted by molar-refractivity contribution is 7.80. The summed E-state index contributed by atoms with van der Waals surface area (Å²) in [6.45, 7) is 6.38. The molecule has 0 aliphatic carbocycles. The molecule has 1 heterocycles. The van der Waals surface area contributed by atoms with Crippen LogP contribution in [0.2, 0.25) is 0 Å². The second kappa shape index (κ2) is 6.87. The van der Waals surface area contributed by atoms with Crippen molar-refractivity contribution in [1.29, 1.82) is 0 Å². The number of rotatable bonds is 4. The monoisotopic (exact) mass is 326 g/mol. The van der Waals surface area contributed by atoms with E-state index >= 15 is 0 Å². The van der Waals surface area contributed by atoms with Gasteiger partial charge in [0.15, 0.2) is 5.11 Å². The maximum atomic E-state index is 5.44. The summed E-state index contributed by atoms with van der Waals surface area (Å²) in [4.78, 5) is 4.39. The van der Waals surface area contributed by atoms with Crippen LogP contribution in [-0.4, -0.2) is 30.0 Å².